The van der Waals surface area contributed by atoms with Crippen LogP contribution in [0.4, 0.5) is 0 Å². The van der Waals surface area contributed by atoms with E-state index in [0.717, 1.165) is 5.69 Å². The quantitative estimate of drug-likeness (QED) is 0.656. The highest BCUT2D eigenvalue weighted by molar-refractivity contribution is 6.31. The fourth-order valence-electron chi connectivity index (χ4n) is 0.804. The second kappa shape index (κ2) is 3.54. The van der Waals surface area contributed by atoms with Gasteiger partial charge in [0.1, 0.15) is 0 Å². The molecule has 0 aliphatic carbocycles. The summed E-state index contributed by atoms with van der Waals surface area (Å²) < 4.78 is 1.61. The fraction of sp³-hybridized carbons (Fsp3) is 0.250. The van der Waals surface area contributed by atoms with Crippen LogP contribution >= 0.6 is 11.6 Å². The molecule has 0 unspecified atom stereocenters. The van der Waals surface area contributed by atoms with Crippen molar-refractivity contribution < 1.29 is 4.79 Å². The average molecular weight is 185 g/mol. The maximum Gasteiger partial charge on any atom is 0.152 e. The van der Waals surface area contributed by atoms with Crippen molar-refractivity contribution >= 4 is 23.5 Å². The minimum atomic E-state index is -0.00716. The van der Waals surface area contributed by atoms with E-state index in [2.05, 4.69) is 5.10 Å². The molecule has 12 heavy (non-hydrogen) atoms. The highest BCUT2D eigenvalue weighted by atomic mass is 35.5. The van der Waals surface area contributed by atoms with Crippen molar-refractivity contribution in [2.24, 2.45) is 7.05 Å². The van der Waals surface area contributed by atoms with Crippen LogP contribution in [0.2, 0.25) is 5.02 Å². The SMILES string of the molecule is CC(=O)/C=C/c1c(Cl)cnn1C. The van der Waals surface area contributed by atoms with Crippen molar-refractivity contribution in [1.29, 1.82) is 0 Å². The van der Waals surface area contributed by atoms with Gasteiger partial charge >= 0.3 is 0 Å². The summed E-state index contributed by atoms with van der Waals surface area (Å²) in [6.45, 7) is 1.49. The van der Waals surface area contributed by atoms with Crippen molar-refractivity contribution in [2.75, 3.05) is 0 Å². The average Bonchev–Trinajstić information content (AvgIpc) is 2.28. The van der Waals surface area contributed by atoms with Gasteiger partial charge in [0.25, 0.3) is 0 Å². The molecule has 0 saturated heterocycles. The van der Waals surface area contributed by atoms with Crippen molar-refractivity contribution in [1.82, 2.24) is 9.78 Å². The van der Waals surface area contributed by atoms with Crippen LogP contribution in [0.15, 0.2) is 12.3 Å². The molecule has 0 amide bonds. The highest BCUT2D eigenvalue weighted by Gasteiger charge is 2.01. The van der Waals surface area contributed by atoms with Crippen molar-refractivity contribution in [3.63, 3.8) is 0 Å². The summed E-state index contributed by atoms with van der Waals surface area (Å²) in [7, 11) is 1.77. The van der Waals surface area contributed by atoms with Gasteiger partial charge in [-0.25, -0.2) is 0 Å². The molecule has 0 aliphatic heterocycles. The molecule has 1 heterocycles. The molecule has 0 fully saturated rings. The van der Waals surface area contributed by atoms with Crippen LogP contribution in [0, 0.1) is 0 Å². The predicted octanol–water partition coefficient (Wildman–Crippen LogP) is 1.68. The van der Waals surface area contributed by atoms with Crippen LogP contribution in [0.3, 0.4) is 0 Å². The summed E-state index contributed by atoms with van der Waals surface area (Å²) in [6, 6.07) is 0. The van der Waals surface area contributed by atoms with E-state index >= 15 is 0 Å². The number of aryl methyl sites for hydroxylation is 1. The number of halogens is 1. The molecule has 64 valence electrons. The van der Waals surface area contributed by atoms with Crippen LogP contribution < -0.4 is 0 Å². The molecule has 0 spiro atoms. The van der Waals surface area contributed by atoms with E-state index in [1.807, 2.05) is 0 Å². The van der Waals surface area contributed by atoms with E-state index in [9.17, 15) is 4.79 Å². The van der Waals surface area contributed by atoms with Crippen LogP contribution in [0.25, 0.3) is 6.08 Å². The van der Waals surface area contributed by atoms with E-state index in [-0.39, 0.29) is 5.78 Å². The normalized spacial score (nSPS) is 10.9. The molecule has 1 aromatic heterocycles. The van der Waals surface area contributed by atoms with E-state index < -0.39 is 0 Å². The molecule has 0 N–H and O–H groups in total. The Morgan fingerprint density at radius 3 is 2.83 bits per heavy atom. The smallest absolute Gasteiger partial charge is 0.152 e. The predicted molar refractivity (Wildman–Crippen MR) is 47.9 cm³/mol. The largest absolute Gasteiger partial charge is 0.295 e. The Labute approximate surface area is 75.6 Å². The summed E-state index contributed by atoms with van der Waals surface area (Å²) in [4.78, 5) is 10.6. The van der Waals surface area contributed by atoms with Gasteiger partial charge in [0.2, 0.25) is 0 Å². The molecule has 0 saturated carbocycles. The molecule has 0 radical (unpaired) electrons. The standard InChI is InChI=1S/C8H9ClN2O/c1-6(12)3-4-8-7(9)5-10-11(8)2/h3-5H,1-2H3/b4-3+. The maximum atomic E-state index is 10.6. The Morgan fingerprint density at radius 1 is 1.75 bits per heavy atom. The summed E-state index contributed by atoms with van der Waals surface area (Å²) in [5.41, 5.74) is 0.742. The third-order valence-corrected chi connectivity index (χ3v) is 1.70. The molecule has 0 aromatic carbocycles. The first-order chi connectivity index (χ1) is 5.61. The number of aromatic nitrogens is 2. The van der Waals surface area contributed by atoms with Crippen LogP contribution in [0.1, 0.15) is 12.6 Å². The molecule has 1 rings (SSSR count). The Kier molecular flexibility index (Phi) is 2.65. The zero-order valence-electron chi connectivity index (χ0n) is 6.91. The second-order valence-corrected chi connectivity index (χ2v) is 2.85. The summed E-state index contributed by atoms with van der Waals surface area (Å²) in [5.74, 6) is -0.00716. The van der Waals surface area contributed by atoms with Crippen LogP contribution in [-0.2, 0) is 11.8 Å². The third-order valence-electron chi connectivity index (χ3n) is 1.41. The minimum Gasteiger partial charge on any atom is -0.295 e. The number of hydrogen-bond donors (Lipinski definition) is 0. The summed E-state index contributed by atoms with van der Waals surface area (Å²) in [6.07, 6.45) is 4.65. The lowest BCUT2D eigenvalue weighted by Gasteiger charge is -1.93. The van der Waals surface area contributed by atoms with E-state index in [1.165, 1.54) is 13.0 Å². The van der Waals surface area contributed by atoms with Crippen LogP contribution in [-0.4, -0.2) is 15.6 Å². The number of hydrogen-bond acceptors (Lipinski definition) is 2. The van der Waals surface area contributed by atoms with Gasteiger partial charge in [0, 0.05) is 7.05 Å². The Bertz CT molecular complexity index is 308. The second-order valence-electron chi connectivity index (χ2n) is 2.45. The van der Waals surface area contributed by atoms with Crippen molar-refractivity contribution in [2.45, 2.75) is 6.92 Å². The van der Waals surface area contributed by atoms with Gasteiger partial charge in [-0.3, -0.25) is 9.48 Å². The van der Waals surface area contributed by atoms with E-state index in [4.69, 9.17) is 11.6 Å². The van der Waals surface area contributed by atoms with Gasteiger partial charge in [-0.15, -0.1) is 0 Å². The Hall–Kier alpha value is -1.09. The summed E-state index contributed by atoms with van der Waals surface area (Å²) >= 11 is 5.78. The topological polar surface area (TPSA) is 34.9 Å². The highest BCUT2D eigenvalue weighted by Crippen LogP contribution is 2.15. The van der Waals surface area contributed by atoms with Gasteiger partial charge < -0.3 is 0 Å². The molecular weight excluding hydrogens is 176 g/mol. The number of rotatable bonds is 2. The molecule has 3 nitrogen and oxygen atoms in total. The van der Waals surface area contributed by atoms with Gasteiger partial charge in [0.05, 0.1) is 16.9 Å². The van der Waals surface area contributed by atoms with Crippen LogP contribution in [0.5, 0.6) is 0 Å². The first kappa shape index (κ1) is 9.00. The Morgan fingerprint density at radius 2 is 2.42 bits per heavy atom. The lowest BCUT2D eigenvalue weighted by Crippen LogP contribution is -1.93. The Balaban J connectivity index is 2.95. The first-order valence-corrected chi connectivity index (χ1v) is 3.85. The first-order valence-electron chi connectivity index (χ1n) is 3.47. The zero-order chi connectivity index (χ0) is 9.14. The van der Waals surface area contributed by atoms with Gasteiger partial charge in [-0.05, 0) is 19.1 Å². The molecule has 0 bridgehead atoms. The number of nitrogens with zero attached hydrogens (tertiary/aromatic N) is 2. The zero-order valence-corrected chi connectivity index (χ0v) is 7.67. The minimum absolute atomic E-state index is 0.00716. The molecule has 0 aliphatic rings. The number of allylic oxidation sites excluding steroid dienone is 1. The lowest BCUT2D eigenvalue weighted by molar-refractivity contribution is -0.112. The fourth-order valence-corrected chi connectivity index (χ4v) is 1.03. The van der Waals surface area contributed by atoms with E-state index in [0.29, 0.717) is 5.02 Å². The number of carbonyl (C=O) groups is 1. The molecule has 4 heteroatoms. The molecule has 1 aromatic rings. The number of carbonyl (C=O) groups excluding carboxylic acids is 1. The van der Waals surface area contributed by atoms with Gasteiger partial charge in [-0.1, -0.05) is 11.6 Å². The van der Waals surface area contributed by atoms with Crippen molar-refractivity contribution in [3.05, 3.63) is 23.0 Å². The molecule has 0 atom stereocenters. The lowest BCUT2D eigenvalue weighted by atomic mass is 10.3. The van der Waals surface area contributed by atoms with E-state index in [1.54, 1.807) is 24.0 Å². The summed E-state index contributed by atoms with van der Waals surface area (Å²) in [5, 5.41) is 4.47. The van der Waals surface area contributed by atoms with Gasteiger partial charge in [-0.2, -0.15) is 5.10 Å². The number of ketones is 1. The monoisotopic (exact) mass is 184 g/mol. The van der Waals surface area contributed by atoms with Crippen molar-refractivity contribution in [3.8, 4) is 0 Å². The van der Waals surface area contributed by atoms with Gasteiger partial charge in [0.15, 0.2) is 5.78 Å². The molecular formula is C8H9ClN2O. The third kappa shape index (κ3) is 1.95. The maximum absolute atomic E-state index is 10.6.